The minimum absolute atomic E-state index is 0.0113. The lowest BCUT2D eigenvalue weighted by atomic mass is 10.0. The SMILES string of the molecule is O=C(NCCc1ccc(Cl)cc1Cl)C1CSC2(CCN(C(=O)c3ccccc3)CC2)N1. The maximum atomic E-state index is 12.7. The molecule has 1 spiro atoms. The van der Waals surface area contributed by atoms with Crippen molar-refractivity contribution in [2.45, 2.75) is 30.2 Å². The monoisotopic (exact) mass is 477 g/mol. The van der Waals surface area contributed by atoms with Gasteiger partial charge in [0.1, 0.15) is 0 Å². The molecule has 2 N–H and O–H groups in total. The molecule has 0 bridgehead atoms. The van der Waals surface area contributed by atoms with Crippen molar-refractivity contribution in [3.05, 3.63) is 69.7 Å². The lowest BCUT2D eigenvalue weighted by Gasteiger charge is -2.39. The average Bonchev–Trinajstić information content (AvgIpc) is 3.19. The van der Waals surface area contributed by atoms with E-state index >= 15 is 0 Å². The van der Waals surface area contributed by atoms with Gasteiger partial charge in [0, 0.05) is 41.0 Å². The number of likely N-dealkylation sites (tertiary alicyclic amines) is 1. The summed E-state index contributed by atoms with van der Waals surface area (Å²) in [5.41, 5.74) is 1.69. The number of thioether (sulfide) groups is 1. The Morgan fingerprint density at radius 3 is 2.58 bits per heavy atom. The Morgan fingerprint density at radius 2 is 1.87 bits per heavy atom. The molecule has 0 saturated carbocycles. The van der Waals surface area contributed by atoms with E-state index in [0.717, 1.165) is 29.7 Å². The van der Waals surface area contributed by atoms with Crippen LogP contribution in [0.1, 0.15) is 28.8 Å². The van der Waals surface area contributed by atoms with Crippen LogP contribution in [0.4, 0.5) is 0 Å². The molecule has 2 aliphatic rings. The first-order valence-corrected chi connectivity index (χ1v) is 12.2. The third-order valence-electron chi connectivity index (χ3n) is 5.87. The number of hydrogen-bond acceptors (Lipinski definition) is 4. The molecule has 2 aliphatic heterocycles. The highest BCUT2D eigenvalue weighted by Crippen LogP contribution is 2.39. The Hall–Kier alpha value is -1.73. The normalized spacial score (nSPS) is 20.1. The van der Waals surface area contributed by atoms with E-state index < -0.39 is 0 Å². The molecule has 164 valence electrons. The van der Waals surface area contributed by atoms with Gasteiger partial charge < -0.3 is 10.2 Å². The summed E-state index contributed by atoms with van der Waals surface area (Å²) in [6.45, 7) is 1.91. The van der Waals surface area contributed by atoms with Crippen molar-refractivity contribution in [1.82, 2.24) is 15.5 Å². The number of hydrogen-bond donors (Lipinski definition) is 2. The smallest absolute Gasteiger partial charge is 0.253 e. The van der Waals surface area contributed by atoms with Crippen LogP contribution in [0.3, 0.4) is 0 Å². The van der Waals surface area contributed by atoms with E-state index in [-0.39, 0.29) is 22.7 Å². The van der Waals surface area contributed by atoms with Gasteiger partial charge in [-0.15, -0.1) is 11.8 Å². The molecular weight excluding hydrogens is 453 g/mol. The molecule has 2 aromatic carbocycles. The highest BCUT2D eigenvalue weighted by molar-refractivity contribution is 8.01. The molecule has 2 amide bonds. The lowest BCUT2D eigenvalue weighted by molar-refractivity contribution is -0.122. The molecule has 2 saturated heterocycles. The Kier molecular flexibility index (Phi) is 7.12. The zero-order valence-electron chi connectivity index (χ0n) is 17.1. The zero-order valence-corrected chi connectivity index (χ0v) is 19.4. The maximum absolute atomic E-state index is 12.7. The molecule has 4 rings (SSSR count). The Bertz CT molecular complexity index is 949. The zero-order chi connectivity index (χ0) is 21.8. The maximum Gasteiger partial charge on any atom is 0.253 e. The molecule has 2 heterocycles. The van der Waals surface area contributed by atoms with Crippen molar-refractivity contribution < 1.29 is 9.59 Å². The molecule has 31 heavy (non-hydrogen) atoms. The summed E-state index contributed by atoms with van der Waals surface area (Å²) in [5.74, 6) is 0.825. The number of rotatable bonds is 5. The summed E-state index contributed by atoms with van der Waals surface area (Å²) in [6, 6.07) is 14.6. The van der Waals surface area contributed by atoms with Crippen molar-refractivity contribution in [2.75, 3.05) is 25.4 Å². The molecule has 2 fully saturated rings. The van der Waals surface area contributed by atoms with Gasteiger partial charge in [-0.25, -0.2) is 0 Å². The molecule has 0 aromatic heterocycles. The molecule has 5 nitrogen and oxygen atoms in total. The summed E-state index contributed by atoms with van der Waals surface area (Å²) in [5, 5.41) is 7.78. The predicted molar refractivity (Wildman–Crippen MR) is 127 cm³/mol. The van der Waals surface area contributed by atoms with Gasteiger partial charge in [-0.3, -0.25) is 14.9 Å². The number of halogens is 2. The number of nitrogens with one attached hydrogen (secondary N) is 2. The molecule has 1 unspecified atom stereocenters. The van der Waals surface area contributed by atoms with Crippen LogP contribution in [0.25, 0.3) is 0 Å². The van der Waals surface area contributed by atoms with Crippen LogP contribution >= 0.6 is 35.0 Å². The lowest BCUT2D eigenvalue weighted by Crippen LogP contribution is -2.54. The van der Waals surface area contributed by atoms with Crippen LogP contribution in [-0.4, -0.2) is 53.0 Å². The fourth-order valence-corrected chi connectivity index (χ4v) is 6.00. The number of piperidine rings is 1. The van der Waals surface area contributed by atoms with E-state index in [1.807, 2.05) is 41.3 Å². The Balaban J connectivity index is 1.24. The van der Waals surface area contributed by atoms with Crippen molar-refractivity contribution in [1.29, 1.82) is 0 Å². The van der Waals surface area contributed by atoms with Crippen molar-refractivity contribution in [3.63, 3.8) is 0 Å². The third-order valence-corrected chi connectivity index (χ3v) is 8.03. The molecular formula is C23H25Cl2N3O2S. The van der Waals surface area contributed by atoms with E-state index in [2.05, 4.69) is 10.6 Å². The second-order valence-corrected chi connectivity index (χ2v) is 10.2. The second kappa shape index (κ2) is 9.82. The highest BCUT2D eigenvalue weighted by Gasteiger charge is 2.44. The van der Waals surface area contributed by atoms with Gasteiger partial charge >= 0.3 is 0 Å². The van der Waals surface area contributed by atoms with Crippen LogP contribution in [0.5, 0.6) is 0 Å². The summed E-state index contributed by atoms with van der Waals surface area (Å²) < 4.78 is 0. The van der Waals surface area contributed by atoms with Gasteiger partial charge in [-0.2, -0.15) is 0 Å². The van der Waals surface area contributed by atoms with Crippen LogP contribution < -0.4 is 10.6 Å². The van der Waals surface area contributed by atoms with Crippen molar-refractivity contribution in [2.24, 2.45) is 0 Å². The number of amides is 2. The highest BCUT2D eigenvalue weighted by atomic mass is 35.5. The molecule has 1 atom stereocenters. The van der Waals surface area contributed by atoms with E-state index in [1.165, 1.54) is 0 Å². The Labute approximate surface area is 196 Å². The van der Waals surface area contributed by atoms with Crippen molar-refractivity contribution >= 4 is 46.8 Å². The first-order chi connectivity index (χ1) is 15.0. The van der Waals surface area contributed by atoms with Crippen LogP contribution in [0.15, 0.2) is 48.5 Å². The van der Waals surface area contributed by atoms with E-state index in [9.17, 15) is 9.59 Å². The minimum Gasteiger partial charge on any atom is -0.354 e. The predicted octanol–water partition coefficient (Wildman–Crippen LogP) is 3.99. The van der Waals surface area contributed by atoms with Gasteiger partial charge in [0.25, 0.3) is 5.91 Å². The molecule has 0 aliphatic carbocycles. The third kappa shape index (κ3) is 5.37. The Morgan fingerprint density at radius 1 is 1.13 bits per heavy atom. The minimum atomic E-state index is -0.220. The van der Waals surface area contributed by atoms with Gasteiger partial charge in [0.2, 0.25) is 5.91 Å². The number of nitrogens with zero attached hydrogens (tertiary/aromatic N) is 1. The largest absolute Gasteiger partial charge is 0.354 e. The van der Waals surface area contributed by atoms with E-state index in [4.69, 9.17) is 23.2 Å². The standard InChI is InChI=1S/C23H25Cl2N3O2S/c24-18-7-6-16(19(25)14-18)8-11-26-21(29)20-15-31-23(27-20)9-12-28(13-10-23)22(30)17-4-2-1-3-5-17/h1-7,14,20,27H,8-13,15H2,(H,26,29). The fourth-order valence-electron chi connectivity index (χ4n) is 4.08. The first-order valence-electron chi connectivity index (χ1n) is 10.4. The van der Waals surface area contributed by atoms with Crippen LogP contribution in [-0.2, 0) is 11.2 Å². The number of benzene rings is 2. The summed E-state index contributed by atoms with van der Waals surface area (Å²) in [4.78, 5) is 27.1. The summed E-state index contributed by atoms with van der Waals surface area (Å²) in [6.07, 6.45) is 2.32. The van der Waals surface area contributed by atoms with E-state index in [0.29, 0.717) is 36.1 Å². The second-order valence-electron chi connectivity index (χ2n) is 7.94. The summed E-state index contributed by atoms with van der Waals surface area (Å²) in [7, 11) is 0. The molecule has 0 radical (unpaired) electrons. The van der Waals surface area contributed by atoms with Gasteiger partial charge in [0.15, 0.2) is 0 Å². The van der Waals surface area contributed by atoms with Crippen LogP contribution in [0.2, 0.25) is 10.0 Å². The van der Waals surface area contributed by atoms with E-state index in [1.54, 1.807) is 23.9 Å². The summed E-state index contributed by atoms with van der Waals surface area (Å²) >= 11 is 13.9. The first kappa shape index (κ1) is 22.5. The fraction of sp³-hybridized carbons (Fsp3) is 0.391. The average molecular weight is 478 g/mol. The topological polar surface area (TPSA) is 61.4 Å². The van der Waals surface area contributed by atoms with Gasteiger partial charge in [0.05, 0.1) is 10.9 Å². The van der Waals surface area contributed by atoms with Crippen molar-refractivity contribution in [3.8, 4) is 0 Å². The molecule has 8 heteroatoms. The number of carbonyl (C=O) groups excluding carboxylic acids is 2. The van der Waals surface area contributed by atoms with Crippen LogP contribution in [0, 0.1) is 0 Å². The molecule has 2 aromatic rings. The quantitative estimate of drug-likeness (QED) is 0.683. The van der Waals surface area contributed by atoms with Gasteiger partial charge in [-0.1, -0.05) is 47.5 Å². The van der Waals surface area contributed by atoms with Gasteiger partial charge in [-0.05, 0) is 49.1 Å². The number of carbonyl (C=O) groups is 2.